The summed E-state index contributed by atoms with van der Waals surface area (Å²) in [4.78, 5) is 13.9. The lowest BCUT2D eigenvalue weighted by Gasteiger charge is -2.36. The molecule has 1 aliphatic carbocycles. The zero-order valence-electron chi connectivity index (χ0n) is 11.5. The van der Waals surface area contributed by atoms with Crippen molar-refractivity contribution in [2.45, 2.75) is 46.0 Å². The molecule has 1 spiro atoms. The van der Waals surface area contributed by atoms with E-state index in [1.165, 1.54) is 19.3 Å². The molecule has 1 saturated carbocycles. The number of carbonyl (C=O) groups is 1. The molecule has 1 atom stereocenters. The summed E-state index contributed by atoms with van der Waals surface area (Å²) in [5.41, 5.74) is 0.0962. The van der Waals surface area contributed by atoms with Crippen molar-refractivity contribution < 1.29 is 9.90 Å². The zero-order valence-corrected chi connectivity index (χ0v) is 12.3. The van der Waals surface area contributed by atoms with Gasteiger partial charge < -0.3 is 10.0 Å². The maximum absolute atomic E-state index is 11.5. The van der Waals surface area contributed by atoms with E-state index in [2.05, 4.69) is 18.7 Å². The fourth-order valence-corrected chi connectivity index (χ4v) is 3.83. The van der Waals surface area contributed by atoms with Gasteiger partial charge in [0.2, 0.25) is 0 Å². The molecule has 18 heavy (non-hydrogen) atoms. The Hall–Kier alpha value is -0.280. The van der Waals surface area contributed by atoms with E-state index >= 15 is 0 Å². The largest absolute Gasteiger partial charge is 0.481 e. The number of hydrogen-bond acceptors (Lipinski definition) is 2. The van der Waals surface area contributed by atoms with Gasteiger partial charge >= 0.3 is 5.97 Å². The van der Waals surface area contributed by atoms with Crippen molar-refractivity contribution in [2.75, 3.05) is 19.6 Å². The first-order valence-electron chi connectivity index (χ1n) is 6.99. The van der Waals surface area contributed by atoms with Gasteiger partial charge in [-0.25, -0.2) is 0 Å². The van der Waals surface area contributed by atoms with Crippen LogP contribution in [0.4, 0.5) is 0 Å². The quantitative estimate of drug-likeness (QED) is 0.861. The van der Waals surface area contributed by atoms with Crippen LogP contribution in [0.5, 0.6) is 0 Å². The Morgan fingerprint density at radius 2 is 1.94 bits per heavy atom. The first-order valence-corrected chi connectivity index (χ1v) is 6.99. The van der Waals surface area contributed by atoms with E-state index in [1.807, 2.05) is 0 Å². The molecule has 2 fully saturated rings. The van der Waals surface area contributed by atoms with E-state index in [9.17, 15) is 9.90 Å². The van der Waals surface area contributed by atoms with E-state index < -0.39 is 5.97 Å². The number of halogens is 1. The average Bonchev–Trinajstić information content (AvgIpc) is 2.57. The Kier molecular flexibility index (Phi) is 5.47. The first-order chi connectivity index (χ1) is 8.03. The Bertz CT molecular complexity index is 288. The van der Waals surface area contributed by atoms with Crippen LogP contribution in [0.3, 0.4) is 0 Å². The molecule has 0 amide bonds. The van der Waals surface area contributed by atoms with Crippen molar-refractivity contribution in [1.82, 2.24) is 4.90 Å². The molecular weight excluding hydrogens is 250 g/mol. The van der Waals surface area contributed by atoms with E-state index in [-0.39, 0.29) is 23.7 Å². The van der Waals surface area contributed by atoms with Gasteiger partial charge in [-0.15, -0.1) is 12.4 Å². The summed E-state index contributed by atoms with van der Waals surface area (Å²) in [5.74, 6) is -0.0668. The van der Waals surface area contributed by atoms with Crippen LogP contribution in [0.15, 0.2) is 0 Å². The van der Waals surface area contributed by atoms with Crippen molar-refractivity contribution in [3.05, 3.63) is 0 Å². The van der Waals surface area contributed by atoms with Crippen molar-refractivity contribution >= 4 is 18.4 Å². The molecule has 2 aliphatic rings. The van der Waals surface area contributed by atoms with Crippen molar-refractivity contribution in [3.8, 4) is 0 Å². The highest BCUT2D eigenvalue weighted by molar-refractivity contribution is 5.85. The predicted octanol–water partition coefficient (Wildman–Crippen LogP) is 3.03. The summed E-state index contributed by atoms with van der Waals surface area (Å²) in [5, 5.41) is 9.46. The van der Waals surface area contributed by atoms with Gasteiger partial charge in [0.25, 0.3) is 0 Å². The van der Waals surface area contributed by atoms with E-state index in [1.54, 1.807) is 0 Å². The second kappa shape index (κ2) is 6.25. The Labute approximate surface area is 116 Å². The molecule has 106 valence electrons. The average molecular weight is 276 g/mol. The van der Waals surface area contributed by atoms with Crippen LogP contribution in [0.1, 0.15) is 46.0 Å². The molecular formula is C14H26ClNO2. The van der Waals surface area contributed by atoms with Crippen LogP contribution >= 0.6 is 12.4 Å². The maximum atomic E-state index is 11.5. The third-order valence-corrected chi connectivity index (χ3v) is 4.49. The summed E-state index contributed by atoms with van der Waals surface area (Å²) in [6.45, 7) is 7.25. The van der Waals surface area contributed by atoms with Gasteiger partial charge in [-0.05, 0) is 24.2 Å². The highest BCUT2D eigenvalue weighted by Gasteiger charge is 2.50. The maximum Gasteiger partial charge on any atom is 0.308 e. The second-order valence-electron chi connectivity index (χ2n) is 6.40. The molecule has 1 aliphatic heterocycles. The minimum Gasteiger partial charge on any atom is -0.481 e. The monoisotopic (exact) mass is 275 g/mol. The Morgan fingerprint density at radius 3 is 2.44 bits per heavy atom. The number of hydrogen-bond donors (Lipinski definition) is 1. The van der Waals surface area contributed by atoms with Gasteiger partial charge in [-0.1, -0.05) is 33.1 Å². The number of nitrogens with zero attached hydrogens (tertiary/aromatic N) is 1. The van der Waals surface area contributed by atoms with Crippen molar-refractivity contribution in [2.24, 2.45) is 17.3 Å². The first kappa shape index (κ1) is 15.8. The summed E-state index contributed by atoms with van der Waals surface area (Å²) in [6, 6.07) is 0. The molecule has 0 aromatic heterocycles. The summed E-state index contributed by atoms with van der Waals surface area (Å²) in [6.07, 6.45) is 5.98. The number of likely N-dealkylation sites (tertiary alicyclic amines) is 1. The molecule has 0 bridgehead atoms. The Balaban J connectivity index is 0.00000162. The van der Waals surface area contributed by atoms with E-state index in [0.29, 0.717) is 5.92 Å². The van der Waals surface area contributed by atoms with Gasteiger partial charge in [0.1, 0.15) is 0 Å². The smallest absolute Gasteiger partial charge is 0.308 e. The lowest BCUT2D eigenvalue weighted by Crippen LogP contribution is -2.36. The Morgan fingerprint density at radius 1 is 1.33 bits per heavy atom. The fourth-order valence-electron chi connectivity index (χ4n) is 3.83. The van der Waals surface area contributed by atoms with Gasteiger partial charge in [0.15, 0.2) is 0 Å². The molecule has 2 rings (SSSR count). The molecule has 1 heterocycles. The number of carboxylic acids is 1. The molecule has 0 aromatic rings. The number of carboxylic acid groups (broad SMARTS) is 1. The molecule has 1 saturated heterocycles. The minimum atomic E-state index is -0.571. The van der Waals surface area contributed by atoms with Gasteiger partial charge in [0.05, 0.1) is 5.92 Å². The lowest BCUT2D eigenvalue weighted by atomic mass is 9.68. The van der Waals surface area contributed by atoms with Gasteiger partial charge in [-0.3, -0.25) is 4.79 Å². The fraction of sp³-hybridized carbons (Fsp3) is 0.929. The molecule has 0 aromatic carbocycles. The van der Waals surface area contributed by atoms with Crippen LogP contribution in [0, 0.1) is 17.3 Å². The van der Waals surface area contributed by atoms with E-state index in [0.717, 1.165) is 32.5 Å². The topological polar surface area (TPSA) is 40.5 Å². The van der Waals surface area contributed by atoms with Crippen LogP contribution in [0.25, 0.3) is 0 Å². The molecule has 4 heteroatoms. The van der Waals surface area contributed by atoms with Gasteiger partial charge in [-0.2, -0.15) is 0 Å². The second-order valence-corrected chi connectivity index (χ2v) is 6.40. The normalized spacial score (nSPS) is 27.4. The molecule has 1 N–H and O–H groups in total. The molecule has 3 nitrogen and oxygen atoms in total. The predicted molar refractivity (Wildman–Crippen MR) is 75.2 cm³/mol. The highest BCUT2D eigenvalue weighted by Crippen LogP contribution is 2.47. The van der Waals surface area contributed by atoms with Gasteiger partial charge in [0, 0.05) is 19.6 Å². The summed E-state index contributed by atoms with van der Waals surface area (Å²) >= 11 is 0. The standard InChI is InChI=1S/C14H25NO2.ClH/c1-11(2)8-15-9-12(13(16)17)14(10-15)6-4-3-5-7-14;/h11-12H,3-10H2,1-2H3,(H,16,17);1H. The lowest BCUT2D eigenvalue weighted by molar-refractivity contribution is -0.145. The van der Waals surface area contributed by atoms with Crippen molar-refractivity contribution in [1.29, 1.82) is 0 Å². The molecule has 0 radical (unpaired) electrons. The van der Waals surface area contributed by atoms with Crippen molar-refractivity contribution in [3.63, 3.8) is 0 Å². The zero-order chi connectivity index (χ0) is 12.5. The highest BCUT2D eigenvalue weighted by atomic mass is 35.5. The van der Waals surface area contributed by atoms with Crippen LogP contribution < -0.4 is 0 Å². The third-order valence-electron chi connectivity index (χ3n) is 4.49. The summed E-state index contributed by atoms with van der Waals surface area (Å²) < 4.78 is 0. The van der Waals surface area contributed by atoms with E-state index in [4.69, 9.17) is 0 Å². The SMILES string of the molecule is CC(C)CN1CC(C(=O)O)C2(CCCCC2)C1.Cl. The third kappa shape index (κ3) is 3.18. The molecule has 1 unspecified atom stereocenters. The summed E-state index contributed by atoms with van der Waals surface area (Å²) in [7, 11) is 0. The van der Waals surface area contributed by atoms with Crippen LogP contribution in [0.2, 0.25) is 0 Å². The number of aliphatic carboxylic acids is 1. The number of rotatable bonds is 3. The minimum absolute atomic E-state index is 0. The van der Waals surface area contributed by atoms with Crippen LogP contribution in [-0.2, 0) is 4.79 Å². The van der Waals surface area contributed by atoms with Crippen LogP contribution in [-0.4, -0.2) is 35.6 Å².